The van der Waals surface area contributed by atoms with Crippen LogP contribution in [0.2, 0.25) is 0 Å². The second-order valence-electron chi connectivity index (χ2n) is 7.63. The fourth-order valence-electron chi connectivity index (χ4n) is 3.83. The molecule has 0 aromatic heterocycles. The highest BCUT2D eigenvalue weighted by molar-refractivity contribution is 9.09. The zero-order valence-corrected chi connectivity index (χ0v) is 19.3. The lowest BCUT2D eigenvalue weighted by atomic mass is 9.86. The zero-order chi connectivity index (χ0) is 22.1. The first-order valence-corrected chi connectivity index (χ1v) is 12.2. The van der Waals surface area contributed by atoms with E-state index in [1.54, 1.807) is 24.3 Å². The molecule has 10 heteroatoms. The van der Waals surface area contributed by atoms with E-state index in [-0.39, 0.29) is 35.7 Å². The Kier molecular flexibility index (Phi) is 7.21. The molecule has 30 heavy (non-hydrogen) atoms. The van der Waals surface area contributed by atoms with Crippen LogP contribution < -0.4 is 0 Å². The highest BCUT2D eigenvalue weighted by Gasteiger charge is 2.54. The first-order chi connectivity index (χ1) is 14.1. The summed E-state index contributed by atoms with van der Waals surface area (Å²) in [4.78, 5) is 22.6. The molecule has 6 atom stereocenters. The Balaban J connectivity index is 1.78. The summed E-state index contributed by atoms with van der Waals surface area (Å²) >= 11 is 3.58. The van der Waals surface area contributed by atoms with Crippen molar-refractivity contribution in [1.29, 1.82) is 0 Å². The van der Waals surface area contributed by atoms with E-state index >= 15 is 0 Å². The second kappa shape index (κ2) is 9.33. The molecule has 3 rings (SSSR count). The van der Waals surface area contributed by atoms with Gasteiger partial charge in [0.2, 0.25) is 0 Å². The SMILES string of the molecule is CC(=O)OC[C@H]1O[C@@H]2OC[C@H](CS(=O)(=O)c3ccc(C)cc3)[C@@H]2[C@@H](Br)[C@H]1OC(C)=O. The van der Waals surface area contributed by atoms with E-state index in [2.05, 4.69) is 15.9 Å². The van der Waals surface area contributed by atoms with Gasteiger partial charge in [-0.2, -0.15) is 0 Å². The van der Waals surface area contributed by atoms with Crippen molar-refractivity contribution in [2.45, 2.75) is 49.0 Å². The van der Waals surface area contributed by atoms with E-state index in [0.717, 1.165) is 5.56 Å². The van der Waals surface area contributed by atoms with Crippen molar-refractivity contribution >= 4 is 37.7 Å². The van der Waals surface area contributed by atoms with E-state index in [1.807, 2.05) is 6.92 Å². The number of ether oxygens (including phenoxy) is 4. The molecule has 0 saturated carbocycles. The van der Waals surface area contributed by atoms with Gasteiger partial charge in [0.25, 0.3) is 0 Å². The van der Waals surface area contributed by atoms with E-state index in [4.69, 9.17) is 18.9 Å². The number of hydrogen-bond donors (Lipinski definition) is 0. The van der Waals surface area contributed by atoms with Crippen molar-refractivity contribution in [2.75, 3.05) is 19.0 Å². The van der Waals surface area contributed by atoms with Gasteiger partial charge in [-0.1, -0.05) is 33.6 Å². The Hall–Kier alpha value is -1.49. The van der Waals surface area contributed by atoms with Crippen molar-refractivity contribution in [1.82, 2.24) is 0 Å². The average molecular weight is 505 g/mol. The van der Waals surface area contributed by atoms with Gasteiger partial charge in [0.15, 0.2) is 16.1 Å². The van der Waals surface area contributed by atoms with E-state index in [9.17, 15) is 18.0 Å². The van der Waals surface area contributed by atoms with E-state index in [1.165, 1.54) is 13.8 Å². The summed E-state index contributed by atoms with van der Waals surface area (Å²) in [6.45, 7) is 4.53. The van der Waals surface area contributed by atoms with Gasteiger partial charge in [-0.15, -0.1) is 0 Å². The largest absolute Gasteiger partial charge is 0.463 e. The molecule has 2 fully saturated rings. The van der Waals surface area contributed by atoms with Crippen molar-refractivity contribution < 1.29 is 37.0 Å². The number of alkyl halides is 1. The Labute approximate surface area is 184 Å². The lowest BCUT2D eigenvalue weighted by molar-refractivity contribution is -0.232. The maximum atomic E-state index is 12.9. The molecule has 166 valence electrons. The van der Waals surface area contributed by atoms with Gasteiger partial charge in [0, 0.05) is 25.7 Å². The molecule has 2 heterocycles. The highest BCUT2D eigenvalue weighted by Crippen LogP contribution is 2.43. The summed E-state index contributed by atoms with van der Waals surface area (Å²) in [5, 5.41) is 0. The van der Waals surface area contributed by atoms with Gasteiger partial charge in [-0.25, -0.2) is 8.42 Å². The van der Waals surface area contributed by atoms with Crippen LogP contribution in [-0.4, -0.2) is 62.6 Å². The summed E-state index contributed by atoms with van der Waals surface area (Å²) in [6, 6.07) is 6.71. The Morgan fingerprint density at radius 2 is 1.83 bits per heavy atom. The third kappa shape index (κ3) is 5.22. The van der Waals surface area contributed by atoms with Crippen LogP contribution >= 0.6 is 15.9 Å². The van der Waals surface area contributed by atoms with Gasteiger partial charge in [-0.05, 0) is 19.1 Å². The van der Waals surface area contributed by atoms with Crippen LogP contribution in [0.3, 0.4) is 0 Å². The Bertz CT molecular complexity index is 885. The quantitative estimate of drug-likeness (QED) is 0.427. The second-order valence-corrected chi connectivity index (χ2v) is 10.7. The van der Waals surface area contributed by atoms with Gasteiger partial charge >= 0.3 is 11.9 Å². The first-order valence-electron chi connectivity index (χ1n) is 9.59. The summed E-state index contributed by atoms with van der Waals surface area (Å²) < 4.78 is 48.0. The maximum absolute atomic E-state index is 12.9. The monoisotopic (exact) mass is 504 g/mol. The van der Waals surface area contributed by atoms with Crippen LogP contribution in [0.4, 0.5) is 0 Å². The van der Waals surface area contributed by atoms with Crippen molar-refractivity contribution in [3.8, 4) is 0 Å². The molecule has 2 saturated heterocycles. The lowest BCUT2D eigenvalue weighted by Crippen LogP contribution is -2.55. The summed E-state index contributed by atoms with van der Waals surface area (Å²) in [5.74, 6) is -1.84. The van der Waals surface area contributed by atoms with Gasteiger partial charge in [-0.3, -0.25) is 9.59 Å². The Morgan fingerprint density at radius 1 is 1.17 bits per heavy atom. The summed E-state index contributed by atoms with van der Waals surface area (Å²) in [6.07, 6.45) is -2.18. The molecule has 0 aliphatic carbocycles. The molecular formula is C20H25BrO8S. The summed E-state index contributed by atoms with van der Waals surface area (Å²) in [7, 11) is -3.54. The first kappa shape index (κ1) is 23.2. The minimum absolute atomic E-state index is 0.103. The number of aryl methyl sites for hydroxylation is 1. The van der Waals surface area contributed by atoms with Crippen LogP contribution in [0.5, 0.6) is 0 Å². The minimum atomic E-state index is -3.54. The topological polar surface area (TPSA) is 105 Å². The smallest absolute Gasteiger partial charge is 0.303 e. The number of carbonyl (C=O) groups excluding carboxylic acids is 2. The third-order valence-electron chi connectivity index (χ3n) is 5.26. The molecule has 2 aliphatic rings. The highest BCUT2D eigenvalue weighted by atomic mass is 79.9. The molecular weight excluding hydrogens is 480 g/mol. The van der Waals surface area contributed by atoms with Gasteiger partial charge in [0.1, 0.15) is 18.8 Å². The number of benzene rings is 1. The molecule has 1 aromatic rings. The summed E-state index contributed by atoms with van der Waals surface area (Å²) in [5.41, 5.74) is 0.975. The van der Waals surface area contributed by atoms with Crippen LogP contribution in [0.25, 0.3) is 0 Å². The predicted octanol–water partition coefficient (Wildman–Crippen LogP) is 2.01. The van der Waals surface area contributed by atoms with Gasteiger partial charge < -0.3 is 18.9 Å². The molecule has 0 amide bonds. The van der Waals surface area contributed by atoms with E-state index in [0.29, 0.717) is 0 Å². The van der Waals surface area contributed by atoms with Crippen molar-refractivity contribution in [3.05, 3.63) is 29.8 Å². The van der Waals surface area contributed by atoms with Crippen LogP contribution in [-0.2, 0) is 38.4 Å². The zero-order valence-electron chi connectivity index (χ0n) is 16.9. The average Bonchev–Trinajstić information content (AvgIpc) is 3.04. The lowest BCUT2D eigenvalue weighted by Gasteiger charge is -2.41. The fraction of sp³-hybridized carbons (Fsp3) is 0.600. The maximum Gasteiger partial charge on any atom is 0.303 e. The van der Waals surface area contributed by atoms with Crippen LogP contribution in [0, 0.1) is 18.8 Å². The van der Waals surface area contributed by atoms with Crippen molar-refractivity contribution in [2.24, 2.45) is 11.8 Å². The normalized spacial score (nSPS) is 31.1. The van der Waals surface area contributed by atoms with Crippen LogP contribution in [0.15, 0.2) is 29.2 Å². The molecule has 1 aromatic carbocycles. The van der Waals surface area contributed by atoms with Gasteiger partial charge in [0.05, 0.1) is 22.1 Å². The number of carbonyl (C=O) groups is 2. The number of rotatable bonds is 6. The number of fused-ring (bicyclic) bond motifs is 1. The molecule has 0 radical (unpaired) electrons. The third-order valence-corrected chi connectivity index (χ3v) is 8.25. The van der Waals surface area contributed by atoms with Crippen LogP contribution in [0.1, 0.15) is 19.4 Å². The molecule has 0 N–H and O–H groups in total. The minimum Gasteiger partial charge on any atom is -0.463 e. The number of hydrogen-bond acceptors (Lipinski definition) is 8. The standard InChI is InChI=1S/C20H25BrO8S/c1-11-4-6-15(7-5-11)30(24,25)10-14-8-27-20-17(14)18(21)19(28-13(3)23)16(29-20)9-26-12(2)22/h4-7,14,16-20H,8-10H2,1-3H3/t14-,16-,17-,18-,19+,20+/m1/s1. The Morgan fingerprint density at radius 3 is 2.43 bits per heavy atom. The number of halogens is 1. The molecule has 8 nitrogen and oxygen atoms in total. The van der Waals surface area contributed by atoms with E-state index < -0.39 is 45.1 Å². The van der Waals surface area contributed by atoms with Crippen molar-refractivity contribution in [3.63, 3.8) is 0 Å². The predicted molar refractivity (Wildman–Crippen MR) is 110 cm³/mol. The number of esters is 2. The number of sulfone groups is 1. The molecule has 0 bridgehead atoms. The molecule has 0 spiro atoms. The fourth-order valence-corrected chi connectivity index (χ4v) is 6.58. The molecule has 0 unspecified atom stereocenters. The molecule has 2 aliphatic heterocycles.